The van der Waals surface area contributed by atoms with E-state index in [0.717, 1.165) is 17.7 Å². The van der Waals surface area contributed by atoms with Crippen molar-refractivity contribution in [1.29, 1.82) is 0 Å². The second-order valence-corrected chi connectivity index (χ2v) is 10.4. The molecule has 0 aliphatic carbocycles. The number of piperidine rings is 1. The van der Waals surface area contributed by atoms with Crippen LogP contribution < -0.4 is 4.90 Å². The van der Waals surface area contributed by atoms with Crippen LogP contribution in [0.15, 0.2) is 48.5 Å². The molecule has 2 aliphatic rings. The summed E-state index contributed by atoms with van der Waals surface area (Å²) in [6, 6.07) is 15.1. The Morgan fingerprint density at radius 3 is 2.41 bits per heavy atom. The Kier molecular flexibility index (Phi) is 5.69. The predicted octanol–water partition coefficient (Wildman–Crippen LogP) is 3.86. The topological polar surface area (TPSA) is 57.7 Å². The molecule has 2 aliphatic heterocycles. The summed E-state index contributed by atoms with van der Waals surface area (Å²) in [5.74, 6) is -0.0537. The molecule has 1 amide bonds. The zero-order valence-electron chi connectivity index (χ0n) is 16.4. The van der Waals surface area contributed by atoms with Crippen molar-refractivity contribution in [2.45, 2.75) is 38.0 Å². The molecule has 0 unspecified atom stereocenters. The average molecular weight is 433 g/mol. The molecule has 0 radical (unpaired) electrons. The lowest BCUT2D eigenvalue weighted by Crippen LogP contribution is -2.46. The third-order valence-electron chi connectivity index (χ3n) is 5.90. The number of benzene rings is 2. The van der Waals surface area contributed by atoms with E-state index in [9.17, 15) is 13.2 Å². The van der Waals surface area contributed by atoms with Crippen LogP contribution in [0, 0.1) is 5.92 Å². The van der Waals surface area contributed by atoms with Gasteiger partial charge in [-0.25, -0.2) is 12.7 Å². The summed E-state index contributed by atoms with van der Waals surface area (Å²) >= 11 is 5.88. The molecule has 1 atom stereocenters. The van der Waals surface area contributed by atoms with Gasteiger partial charge < -0.3 is 4.90 Å². The Labute approximate surface area is 177 Å². The molecule has 7 heteroatoms. The minimum atomic E-state index is -3.41. The van der Waals surface area contributed by atoms with Gasteiger partial charge in [0, 0.05) is 35.8 Å². The fourth-order valence-electron chi connectivity index (χ4n) is 4.36. The highest BCUT2D eigenvalue weighted by molar-refractivity contribution is 7.88. The molecule has 1 saturated heterocycles. The zero-order valence-corrected chi connectivity index (χ0v) is 18.0. The first-order chi connectivity index (χ1) is 13.8. The lowest BCUT2D eigenvalue weighted by atomic mass is 9.96. The number of carbonyl (C=O) groups excluding carboxylic acids is 1. The molecule has 2 heterocycles. The summed E-state index contributed by atoms with van der Waals surface area (Å²) in [6.45, 7) is 2.84. The monoisotopic (exact) mass is 432 g/mol. The molecule has 0 bridgehead atoms. The predicted molar refractivity (Wildman–Crippen MR) is 115 cm³/mol. The summed E-state index contributed by atoms with van der Waals surface area (Å²) < 4.78 is 27.1. The molecule has 0 saturated carbocycles. The van der Waals surface area contributed by atoms with E-state index in [1.54, 1.807) is 24.3 Å². The highest BCUT2D eigenvalue weighted by Gasteiger charge is 2.37. The molecular formula is C22H25ClN2O3S. The van der Waals surface area contributed by atoms with Gasteiger partial charge in [0.25, 0.3) is 0 Å². The highest BCUT2D eigenvalue weighted by atomic mass is 35.5. The molecule has 4 rings (SSSR count). The Morgan fingerprint density at radius 2 is 1.72 bits per heavy atom. The quantitative estimate of drug-likeness (QED) is 0.737. The van der Waals surface area contributed by atoms with E-state index < -0.39 is 10.0 Å². The number of hydrogen-bond acceptors (Lipinski definition) is 3. The van der Waals surface area contributed by atoms with Gasteiger partial charge in [-0.15, -0.1) is 0 Å². The van der Waals surface area contributed by atoms with Gasteiger partial charge >= 0.3 is 0 Å². The summed E-state index contributed by atoms with van der Waals surface area (Å²) in [4.78, 5) is 15.1. The molecular weight excluding hydrogens is 408 g/mol. The smallest absolute Gasteiger partial charge is 0.230 e. The van der Waals surface area contributed by atoms with E-state index in [1.807, 2.05) is 23.1 Å². The lowest BCUT2D eigenvalue weighted by Gasteiger charge is -2.34. The van der Waals surface area contributed by atoms with Crippen LogP contribution in [0.2, 0.25) is 5.02 Å². The maximum atomic E-state index is 13.2. The first kappa shape index (κ1) is 20.4. The number of sulfonamides is 1. The van der Waals surface area contributed by atoms with Crippen molar-refractivity contribution < 1.29 is 13.2 Å². The van der Waals surface area contributed by atoms with Crippen LogP contribution in [0.3, 0.4) is 0 Å². The Bertz CT molecular complexity index is 999. The van der Waals surface area contributed by atoms with E-state index in [4.69, 9.17) is 11.6 Å². The fourth-order valence-corrected chi connectivity index (χ4v) is 6.05. The first-order valence-electron chi connectivity index (χ1n) is 9.98. The van der Waals surface area contributed by atoms with Crippen molar-refractivity contribution in [3.05, 3.63) is 64.7 Å². The number of anilines is 1. The number of para-hydroxylation sites is 1. The minimum absolute atomic E-state index is 0.0423. The maximum Gasteiger partial charge on any atom is 0.230 e. The average Bonchev–Trinajstić information content (AvgIpc) is 3.05. The molecule has 0 spiro atoms. The van der Waals surface area contributed by atoms with E-state index in [1.165, 1.54) is 9.87 Å². The van der Waals surface area contributed by atoms with E-state index >= 15 is 0 Å². The molecule has 154 valence electrons. The minimum Gasteiger partial charge on any atom is -0.309 e. The number of nitrogens with zero attached hydrogens (tertiary/aromatic N) is 2. The van der Waals surface area contributed by atoms with Gasteiger partial charge in [-0.3, -0.25) is 4.79 Å². The third-order valence-corrected chi connectivity index (χ3v) is 8.01. The number of halogens is 1. The van der Waals surface area contributed by atoms with Gasteiger partial charge in [0.05, 0.1) is 5.75 Å². The highest BCUT2D eigenvalue weighted by Crippen LogP contribution is 2.35. The van der Waals surface area contributed by atoms with Crippen LogP contribution in [0.5, 0.6) is 0 Å². The van der Waals surface area contributed by atoms with Gasteiger partial charge in [-0.05, 0) is 55.5 Å². The molecule has 2 aromatic rings. The zero-order chi connectivity index (χ0) is 20.6. The second-order valence-electron chi connectivity index (χ2n) is 7.95. The van der Waals surface area contributed by atoms with E-state index in [-0.39, 0.29) is 23.6 Å². The van der Waals surface area contributed by atoms with Crippen molar-refractivity contribution in [3.63, 3.8) is 0 Å². The Balaban J connectivity index is 1.40. The number of hydrogen-bond donors (Lipinski definition) is 0. The molecule has 1 fully saturated rings. The maximum absolute atomic E-state index is 13.2. The fraction of sp³-hybridized carbons (Fsp3) is 0.409. The summed E-state index contributed by atoms with van der Waals surface area (Å²) in [7, 11) is -3.41. The first-order valence-corrected chi connectivity index (χ1v) is 12.0. The molecule has 2 aromatic carbocycles. The van der Waals surface area contributed by atoms with Crippen LogP contribution in [-0.2, 0) is 27.0 Å². The van der Waals surface area contributed by atoms with Crippen molar-refractivity contribution >= 4 is 33.2 Å². The van der Waals surface area contributed by atoms with Crippen LogP contribution in [0.25, 0.3) is 0 Å². The van der Waals surface area contributed by atoms with Crippen LogP contribution in [0.1, 0.15) is 30.9 Å². The SMILES string of the molecule is C[C@@H]1Cc2ccccc2N1C(=O)C1CCN(S(=O)(=O)Cc2ccc(Cl)cc2)CC1. The van der Waals surface area contributed by atoms with Gasteiger partial charge in [-0.1, -0.05) is 41.9 Å². The number of fused-ring (bicyclic) bond motifs is 1. The van der Waals surface area contributed by atoms with Gasteiger partial charge in [-0.2, -0.15) is 0 Å². The van der Waals surface area contributed by atoms with Crippen molar-refractivity contribution in [1.82, 2.24) is 4.31 Å². The van der Waals surface area contributed by atoms with Crippen molar-refractivity contribution in [2.75, 3.05) is 18.0 Å². The van der Waals surface area contributed by atoms with Crippen LogP contribution >= 0.6 is 11.6 Å². The summed E-state index contributed by atoms with van der Waals surface area (Å²) in [6.07, 6.45) is 1.99. The van der Waals surface area contributed by atoms with Gasteiger partial charge in [0.2, 0.25) is 15.9 Å². The molecule has 29 heavy (non-hydrogen) atoms. The van der Waals surface area contributed by atoms with Gasteiger partial charge in [0.15, 0.2) is 0 Å². The Morgan fingerprint density at radius 1 is 1.07 bits per heavy atom. The molecule has 5 nitrogen and oxygen atoms in total. The molecule has 0 aromatic heterocycles. The largest absolute Gasteiger partial charge is 0.309 e. The molecule has 0 N–H and O–H groups in total. The van der Waals surface area contributed by atoms with Crippen molar-refractivity contribution in [3.8, 4) is 0 Å². The third kappa shape index (κ3) is 4.20. The lowest BCUT2D eigenvalue weighted by molar-refractivity contribution is -0.123. The second kappa shape index (κ2) is 8.09. The number of rotatable bonds is 4. The summed E-state index contributed by atoms with van der Waals surface area (Å²) in [5, 5.41) is 0.586. The summed E-state index contributed by atoms with van der Waals surface area (Å²) in [5.41, 5.74) is 2.93. The normalized spacial score (nSPS) is 20.6. The van der Waals surface area contributed by atoms with E-state index in [2.05, 4.69) is 13.0 Å². The number of carbonyl (C=O) groups is 1. The van der Waals surface area contributed by atoms with Gasteiger partial charge in [0.1, 0.15) is 0 Å². The Hall–Kier alpha value is -1.89. The van der Waals surface area contributed by atoms with Crippen LogP contribution in [0.4, 0.5) is 5.69 Å². The number of amides is 1. The van der Waals surface area contributed by atoms with Crippen molar-refractivity contribution in [2.24, 2.45) is 5.92 Å². The van der Waals surface area contributed by atoms with E-state index in [0.29, 0.717) is 31.0 Å². The van der Waals surface area contributed by atoms with Crippen LogP contribution in [-0.4, -0.2) is 37.8 Å². The standard InChI is InChI=1S/C22H25ClN2O3S/c1-16-14-19-4-2-3-5-21(19)25(16)22(26)18-10-12-24(13-11-18)29(27,28)15-17-6-8-20(23)9-7-17/h2-9,16,18H,10-15H2,1H3/t16-/m1/s1.